The van der Waals surface area contributed by atoms with E-state index in [1.54, 1.807) is 18.4 Å². The van der Waals surface area contributed by atoms with Crippen LogP contribution in [0, 0.1) is 5.82 Å². The Hall–Kier alpha value is -2.34. The highest BCUT2D eigenvalue weighted by Gasteiger charge is 2.05. The van der Waals surface area contributed by atoms with Crippen LogP contribution in [0.4, 0.5) is 4.39 Å². The molecule has 0 unspecified atom stereocenters. The number of rotatable bonds is 6. The maximum absolute atomic E-state index is 13.2. The SMILES string of the molecule is CN=C(NCCc1cccs1)NCCc1c[nH]c2cc(F)ccc12. The summed E-state index contributed by atoms with van der Waals surface area (Å²) in [4.78, 5) is 8.72. The molecule has 126 valence electrons. The molecule has 6 heteroatoms. The Morgan fingerprint density at radius 3 is 2.79 bits per heavy atom. The molecule has 2 heterocycles. The first-order chi connectivity index (χ1) is 11.8. The number of halogens is 1. The van der Waals surface area contributed by atoms with E-state index in [2.05, 4.69) is 38.1 Å². The summed E-state index contributed by atoms with van der Waals surface area (Å²) in [6.07, 6.45) is 3.78. The van der Waals surface area contributed by atoms with Gasteiger partial charge in [0, 0.05) is 42.1 Å². The van der Waals surface area contributed by atoms with Crippen molar-refractivity contribution in [1.82, 2.24) is 15.6 Å². The van der Waals surface area contributed by atoms with E-state index < -0.39 is 0 Å². The normalized spacial score (nSPS) is 11.8. The third-order valence-electron chi connectivity index (χ3n) is 3.88. The number of aromatic amines is 1. The van der Waals surface area contributed by atoms with Crippen molar-refractivity contribution in [3.8, 4) is 0 Å². The Balaban J connectivity index is 1.47. The molecule has 4 nitrogen and oxygen atoms in total. The molecule has 2 aromatic heterocycles. The van der Waals surface area contributed by atoms with Gasteiger partial charge in [-0.05, 0) is 48.1 Å². The third kappa shape index (κ3) is 4.14. The molecule has 3 aromatic rings. The van der Waals surface area contributed by atoms with Crippen LogP contribution in [0.3, 0.4) is 0 Å². The summed E-state index contributed by atoms with van der Waals surface area (Å²) in [6, 6.07) is 9.06. The highest BCUT2D eigenvalue weighted by molar-refractivity contribution is 7.09. The molecule has 0 aliphatic carbocycles. The van der Waals surface area contributed by atoms with E-state index in [-0.39, 0.29) is 5.82 Å². The predicted octanol–water partition coefficient (Wildman–Crippen LogP) is 3.32. The van der Waals surface area contributed by atoms with Gasteiger partial charge in [0.05, 0.1) is 0 Å². The molecule has 1 aromatic carbocycles. The fraction of sp³-hybridized carbons (Fsp3) is 0.278. The number of nitrogens with zero attached hydrogens (tertiary/aromatic N) is 1. The molecule has 0 bridgehead atoms. The fourth-order valence-corrected chi connectivity index (χ4v) is 3.37. The van der Waals surface area contributed by atoms with Gasteiger partial charge >= 0.3 is 0 Å². The first-order valence-electron chi connectivity index (χ1n) is 7.98. The molecule has 0 saturated heterocycles. The number of guanidine groups is 1. The van der Waals surface area contributed by atoms with E-state index in [0.717, 1.165) is 42.8 Å². The number of hydrogen-bond acceptors (Lipinski definition) is 2. The van der Waals surface area contributed by atoms with Gasteiger partial charge < -0.3 is 15.6 Å². The predicted molar refractivity (Wildman–Crippen MR) is 99.3 cm³/mol. The molecule has 0 radical (unpaired) electrons. The molecule has 0 spiro atoms. The quantitative estimate of drug-likeness (QED) is 0.475. The lowest BCUT2D eigenvalue weighted by Gasteiger charge is -2.11. The van der Waals surface area contributed by atoms with Crippen LogP contribution in [0.5, 0.6) is 0 Å². The molecule has 3 rings (SSSR count). The molecule has 0 atom stereocenters. The molecule has 0 saturated carbocycles. The average molecular weight is 344 g/mol. The zero-order valence-corrected chi connectivity index (χ0v) is 14.4. The van der Waals surface area contributed by atoms with Crippen molar-refractivity contribution >= 4 is 28.2 Å². The highest BCUT2D eigenvalue weighted by atomic mass is 32.1. The summed E-state index contributed by atoms with van der Waals surface area (Å²) in [5, 5.41) is 9.80. The van der Waals surface area contributed by atoms with Gasteiger partial charge in [0.15, 0.2) is 5.96 Å². The maximum atomic E-state index is 13.2. The lowest BCUT2D eigenvalue weighted by atomic mass is 10.1. The van der Waals surface area contributed by atoms with E-state index in [0.29, 0.717) is 0 Å². The Bertz CT molecular complexity index is 808. The Kier molecular flexibility index (Phi) is 5.48. The van der Waals surface area contributed by atoms with Gasteiger partial charge in [-0.25, -0.2) is 4.39 Å². The summed E-state index contributed by atoms with van der Waals surface area (Å²) < 4.78 is 13.2. The second-order valence-corrected chi connectivity index (χ2v) is 6.54. The van der Waals surface area contributed by atoms with Gasteiger partial charge in [-0.1, -0.05) is 6.07 Å². The highest BCUT2D eigenvalue weighted by Crippen LogP contribution is 2.19. The largest absolute Gasteiger partial charge is 0.361 e. The minimum atomic E-state index is -0.218. The van der Waals surface area contributed by atoms with Gasteiger partial charge in [-0.15, -0.1) is 11.3 Å². The van der Waals surface area contributed by atoms with E-state index in [9.17, 15) is 4.39 Å². The number of nitrogens with one attached hydrogen (secondary N) is 3. The van der Waals surface area contributed by atoms with Gasteiger partial charge in [-0.2, -0.15) is 0 Å². The topological polar surface area (TPSA) is 52.2 Å². The van der Waals surface area contributed by atoms with Crippen LogP contribution in [-0.4, -0.2) is 31.1 Å². The molecule has 0 amide bonds. The number of H-pyrrole nitrogens is 1. The number of thiophene rings is 1. The third-order valence-corrected chi connectivity index (χ3v) is 4.82. The van der Waals surface area contributed by atoms with Gasteiger partial charge in [0.25, 0.3) is 0 Å². The van der Waals surface area contributed by atoms with Gasteiger partial charge in [-0.3, -0.25) is 4.99 Å². The molecule has 24 heavy (non-hydrogen) atoms. The summed E-state index contributed by atoms with van der Waals surface area (Å²) in [5.74, 6) is 0.585. The summed E-state index contributed by atoms with van der Waals surface area (Å²) in [6.45, 7) is 1.62. The second kappa shape index (κ2) is 7.97. The van der Waals surface area contributed by atoms with Crippen LogP contribution in [0.15, 0.2) is 46.9 Å². The van der Waals surface area contributed by atoms with Crippen molar-refractivity contribution < 1.29 is 4.39 Å². The van der Waals surface area contributed by atoms with Crippen LogP contribution in [0.2, 0.25) is 0 Å². The van der Waals surface area contributed by atoms with Gasteiger partial charge in [0.1, 0.15) is 5.82 Å². The Morgan fingerprint density at radius 1 is 1.21 bits per heavy atom. The molecule has 0 aliphatic heterocycles. The molecular formula is C18H21FN4S. The zero-order chi connectivity index (χ0) is 16.8. The molecular weight excluding hydrogens is 323 g/mol. The molecule has 0 aliphatic rings. The lowest BCUT2D eigenvalue weighted by Crippen LogP contribution is -2.39. The monoisotopic (exact) mass is 344 g/mol. The van der Waals surface area contributed by atoms with Crippen LogP contribution in [0.1, 0.15) is 10.4 Å². The zero-order valence-electron chi connectivity index (χ0n) is 13.6. The minimum Gasteiger partial charge on any atom is -0.361 e. The summed E-state index contributed by atoms with van der Waals surface area (Å²) in [7, 11) is 1.77. The average Bonchev–Trinajstić information content (AvgIpc) is 3.23. The van der Waals surface area contributed by atoms with Crippen molar-refractivity contribution in [2.45, 2.75) is 12.8 Å². The molecule has 0 fully saturated rings. The second-order valence-electron chi connectivity index (χ2n) is 5.51. The van der Waals surface area contributed by atoms with Crippen molar-refractivity contribution in [2.24, 2.45) is 4.99 Å². The van der Waals surface area contributed by atoms with Gasteiger partial charge in [0.2, 0.25) is 0 Å². The van der Waals surface area contributed by atoms with Crippen molar-refractivity contribution in [3.63, 3.8) is 0 Å². The maximum Gasteiger partial charge on any atom is 0.190 e. The summed E-state index contributed by atoms with van der Waals surface area (Å²) >= 11 is 1.77. The number of benzene rings is 1. The number of aromatic nitrogens is 1. The Morgan fingerprint density at radius 2 is 2.04 bits per heavy atom. The van der Waals surface area contributed by atoms with E-state index >= 15 is 0 Å². The first kappa shape index (κ1) is 16.5. The van der Waals surface area contributed by atoms with Crippen LogP contribution < -0.4 is 10.6 Å². The minimum absolute atomic E-state index is 0.218. The molecule has 3 N–H and O–H groups in total. The number of aliphatic imine (C=N–C) groups is 1. The van der Waals surface area contributed by atoms with Crippen LogP contribution in [-0.2, 0) is 12.8 Å². The lowest BCUT2D eigenvalue weighted by molar-refractivity contribution is 0.629. The smallest absolute Gasteiger partial charge is 0.190 e. The summed E-state index contributed by atoms with van der Waals surface area (Å²) in [5.41, 5.74) is 2.01. The Labute approximate surface area is 144 Å². The van der Waals surface area contributed by atoms with E-state index in [1.165, 1.54) is 22.6 Å². The van der Waals surface area contributed by atoms with Crippen LogP contribution >= 0.6 is 11.3 Å². The van der Waals surface area contributed by atoms with Crippen molar-refractivity contribution in [2.75, 3.05) is 20.1 Å². The van der Waals surface area contributed by atoms with Crippen molar-refractivity contribution in [1.29, 1.82) is 0 Å². The number of hydrogen-bond donors (Lipinski definition) is 3. The first-order valence-corrected chi connectivity index (χ1v) is 8.86. The van der Waals surface area contributed by atoms with Crippen molar-refractivity contribution in [3.05, 3.63) is 58.2 Å². The fourth-order valence-electron chi connectivity index (χ4n) is 2.66. The van der Waals surface area contributed by atoms with E-state index in [4.69, 9.17) is 0 Å². The number of fused-ring (bicyclic) bond motifs is 1. The standard InChI is InChI=1S/C18H21FN4S/c1-20-18(22-9-7-15-3-2-10-24-15)21-8-6-13-12-23-17-11-14(19)4-5-16(13)17/h2-5,10-12,23H,6-9H2,1H3,(H2,20,21,22). The van der Waals surface area contributed by atoms with E-state index in [1.807, 2.05) is 12.3 Å². The van der Waals surface area contributed by atoms with Crippen LogP contribution in [0.25, 0.3) is 10.9 Å².